The van der Waals surface area contributed by atoms with E-state index in [-0.39, 0.29) is 56.2 Å². The molecule has 0 aliphatic heterocycles. The molecule has 1 saturated carbocycles. The van der Waals surface area contributed by atoms with Crippen LogP contribution in [0.3, 0.4) is 0 Å². The number of alkyl halides is 5. The molecule has 57 heavy (non-hydrogen) atoms. The van der Waals surface area contributed by atoms with Crippen LogP contribution in [0.4, 0.5) is 36.6 Å². The number of fused-ring (bicyclic) bond motifs is 4. The number of pyridine rings is 1. The molecule has 0 bridgehead atoms. The molecule has 0 spiro atoms. The molecule has 2 aliphatic rings. The number of anilines is 1. The zero-order valence-corrected chi connectivity index (χ0v) is 31.6. The zero-order chi connectivity index (χ0) is 41.4. The van der Waals surface area contributed by atoms with Gasteiger partial charge in [0.2, 0.25) is 15.9 Å². The van der Waals surface area contributed by atoms with Gasteiger partial charge in [-0.3, -0.25) is 18.9 Å². The molecule has 1 amide bonds. The molecule has 300 valence electrons. The van der Waals surface area contributed by atoms with Gasteiger partial charge in [-0.2, -0.15) is 19.0 Å². The molecule has 3 N–H and O–H groups in total. The lowest BCUT2D eigenvalue weighted by Gasteiger charge is -2.23. The van der Waals surface area contributed by atoms with Gasteiger partial charge in [0, 0.05) is 35.7 Å². The van der Waals surface area contributed by atoms with Crippen LogP contribution >= 0.6 is 11.6 Å². The van der Waals surface area contributed by atoms with Crippen LogP contribution in [0.5, 0.6) is 0 Å². The highest BCUT2D eigenvalue weighted by Crippen LogP contribution is 2.68. The summed E-state index contributed by atoms with van der Waals surface area (Å²) in [6.07, 6.45) is -2.69. The molecule has 11 nitrogen and oxygen atoms in total. The molecule has 0 unspecified atom stereocenters. The lowest BCUT2D eigenvalue weighted by Crippen LogP contribution is -2.35. The van der Waals surface area contributed by atoms with Gasteiger partial charge >= 0.3 is 0 Å². The number of hydrogen-bond acceptors (Lipinski definition) is 7. The first-order valence-corrected chi connectivity index (χ1v) is 19.4. The molecule has 3 aromatic heterocycles. The van der Waals surface area contributed by atoms with E-state index < -0.39 is 94.4 Å². The van der Waals surface area contributed by atoms with Crippen molar-refractivity contribution in [2.24, 2.45) is 13.0 Å². The molecule has 7 rings (SSSR count). The molecule has 0 saturated heterocycles. The highest BCUT2D eigenvalue weighted by molar-refractivity contribution is 7.92. The summed E-state index contributed by atoms with van der Waals surface area (Å²) in [7, 11) is -2.36. The standard InChI is InChI=1S/C37H31ClF7N7O4S/c1-36(54,16-39)9-8-20-4-5-21(22-6-7-25(38)29-32(22)51(2)49-35(29)50-57(3,55)56)30(46-20)26(12-17-10-18(40)13-19(41)11-17)47-27(53)15-52-33-28(31(48-52)34(42)43)23-14-24(23)37(33,44)45/h4-7,10-11,13,23-24,26,34,54H,12,14-16H2,1-3H3,(H,47,53)(H,49,50)/t23-,24+,26-,36+/m0/s1. The summed E-state index contributed by atoms with van der Waals surface area (Å²) >= 11 is 6.55. The van der Waals surface area contributed by atoms with Crippen molar-refractivity contribution in [2.45, 2.75) is 56.2 Å². The SMILES string of the molecule is Cn1nc(NS(C)(=O)=O)c2c(Cl)ccc(-c3ccc(C#C[C@@](C)(O)CF)nc3[C@H](Cc3cc(F)cc(F)c3)NC(=O)Cn3nc(C(F)F)c4c3C(F)(F)[C@@H]3C[C@H]43)c21. The number of sulfonamides is 1. The fraction of sp³-hybridized carbons (Fsp3) is 0.351. The van der Waals surface area contributed by atoms with E-state index in [9.17, 15) is 40.3 Å². The van der Waals surface area contributed by atoms with Gasteiger partial charge in [0.15, 0.2) is 11.4 Å². The topological polar surface area (TPSA) is 144 Å². The fourth-order valence-electron chi connectivity index (χ4n) is 7.25. The summed E-state index contributed by atoms with van der Waals surface area (Å²) in [5, 5.41) is 21.1. The molecule has 0 radical (unpaired) electrons. The van der Waals surface area contributed by atoms with Crippen molar-refractivity contribution in [2.75, 3.05) is 17.7 Å². The second-order valence-corrected chi connectivity index (χ2v) is 16.4. The second kappa shape index (κ2) is 14.3. The first-order valence-electron chi connectivity index (χ1n) is 17.1. The fourth-order valence-corrected chi connectivity index (χ4v) is 7.98. The summed E-state index contributed by atoms with van der Waals surface area (Å²) in [5.74, 6) is -3.72. The summed E-state index contributed by atoms with van der Waals surface area (Å²) < 4.78 is 130. The monoisotopic (exact) mass is 837 g/mol. The smallest absolute Gasteiger partial charge is 0.293 e. The van der Waals surface area contributed by atoms with E-state index >= 15 is 8.78 Å². The average Bonchev–Trinajstić information content (AvgIpc) is 3.65. The van der Waals surface area contributed by atoms with E-state index in [1.807, 2.05) is 0 Å². The number of aliphatic hydroxyl groups is 1. The Kier molecular flexibility index (Phi) is 10.1. The van der Waals surface area contributed by atoms with E-state index in [2.05, 4.69) is 37.1 Å². The Morgan fingerprint density at radius 1 is 1.11 bits per heavy atom. The number of nitrogens with one attached hydrogen (secondary N) is 2. The number of halogens is 8. The van der Waals surface area contributed by atoms with Crippen LogP contribution in [0.15, 0.2) is 42.5 Å². The van der Waals surface area contributed by atoms with Crippen molar-refractivity contribution < 1.29 is 49.1 Å². The molecule has 2 aromatic carbocycles. The summed E-state index contributed by atoms with van der Waals surface area (Å²) in [6, 6.07) is 7.02. The van der Waals surface area contributed by atoms with E-state index in [0.717, 1.165) is 25.3 Å². The molecule has 2 aliphatic carbocycles. The maximum Gasteiger partial charge on any atom is 0.293 e. The molecule has 20 heteroatoms. The third kappa shape index (κ3) is 7.77. The number of rotatable bonds is 11. The number of benzene rings is 2. The van der Waals surface area contributed by atoms with Gasteiger partial charge < -0.3 is 10.4 Å². The number of nitrogens with zero attached hydrogens (tertiary/aromatic N) is 5. The lowest BCUT2D eigenvalue weighted by molar-refractivity contribution is -0.123. The summed E-state index contributed by atoms with van der Waals surface area (Å²) in [6.45, 7) is -1.09. The highest BCUT2D eigenvalue weighted by atomic mass is 35.5. The predicted molar refractivity (Wildman–Crippen MR) is 194 cm³/mol. The van der Waals surface area contributed by atoms with Gasteiger partial charge in [-0.05, 0) is 67.5 Å². The minimum Gasteiger partial charge on any atom is -0.375 e. The van der Waals surface area contributed by atoms with Crippen LogP contribution in [0.1, 0.15) is 65.6 Å². The van der Waals surface area contributed by atoms with Crippen LogP contribution in [-0.4, -0.2) is 62.5 Å². The minimum absolute atomic E-state index is 0.00123. The van der Waals surface area contributed by atoms with Gasteiger partial charge in [0.1, 0.15) is 41.9 Å². The molecule has 1 fully saturated rings. The Morgan fingerprint density at radius 2 is 1.79 bits per heavy atom. The quantitative estimate of drug-likeness (QED) is 0.103. The van der Waals surface area contributed by atoms with Crippen LogP contribution < -0.4 is 10.0 Å². The lowest BCUT2D eigenvalue weighted by atomic mass is 9.93. The van der Waals surface area contributed by atoms with Crippen molar-refractivity contribution in [1.29, 1.82) is 0 Å². The largest absolute Gasteiger partial charge is 0.375 e. The number of carbonyl (C=O) groups is 1. The van der Waals surface area contributed by atoms with Gasteiger partial charge in [0.05, 0.1) is 33.9 Å². The minimum atomic E-state index is -3.86. The summed E-state index contributed by atoms with van der Waals surface area (Å²) in [5.41, 5.74) is -3.40. The molecular weight excluding hydrogens is 807 g/mol. The van der Waals surface area contributed by atoms with Gasteiger partial charge in [-0.1, -0.05) is 23.6 Å². The van der Waals surface area contributed by atoms with E-state index in [4.69, 9.17) is 11.6 Å². The van der Waals surface area contributed by atoms with Crippen LogP contribution in [0.2, 0.25) is 5.02 Å². The van der Waals surface area contributed by atoms with E-state index in [1.54, 1.807) is 0 Å². The van der Waals surface area contributed by atoms with Crippen LogP contribution in [-0.2, 0) is 40.8 Å². The van der Waals surface area contributed by atoms with Crippen molar-refractivity contribution in [3.8, 4) is 23.0 Å². The van der Waals surface area contributed by atoms with Crippen molar-refractivity contribution >= 4 is 44.3 Å². The number of aromatic nitrogens is 5. The third-order valence-corrected chi connectivity index (χ3v) is 10.5. The Morgan fingerprint density at radius 3 is 2.44 bits per heavy atom. The van der Waals surface area contributed by atoms with Gasteiger partial charge in [0.25, 0.3) is 12.3 Å². The summed E-state index contributed by atoms with van der Waals surface area (Å²) in [4.78, 5) is 18.5. The van der Waals surface area contributed by atoms with Crippen molar-refractivity contribution in [1.82, 2.24) is 29.9 Å². The van der Waals surface area contributed by atoms with Gasteiger partial charge in [-0.25, -0.2) is 35.4 Å². The number of aryl methyl sites for hydroxylation is 1. The average molecular weight is 838 g/mol. The molecule has 4 atom stereocenters. The van der Waals surface area contributed by atoms with Crippen LogP contribution in [0, 0.1) is 29.4 Å². The first kappa shape index (κ1) is 40.0. The van der Waals surface area contributed by atoms with Crippen molar-refractivity contribution in [3.05, 3.63) is 93.0 Å². The Hall–Kier alpha value is -5.19. The Balaban J connectivity index is 1.39. The number of amides is 1. The maximum atomic E-state index is 15.4. The molecule has 5 aromatic rings. The van der Waals surface area contributed by atoms with E-state index in [0.29, 0.717) is 16.3 Å². The Bertz CT molecular complexity index is 2620. The predicted octanol–water partition coefficient (Wildman–Crippen LogP) is 6.45. The first-order chi connectivity index (χ1) is 26.7. The number of carbonyl (C=O) groups excluding carboxylic acids is 1. The molecular formula is C37H31ClF7N7O4S. The van der Waals surface area contributed by atoms with Crippen LogP contribution in [0.25, 0.3) is 22.0 Å². The maximum absolute atomic E-state index is 15.4. The van der Waals surface area contributed by atoms with Gasteiger partial charge in [-0.15, -0.1) is 0 Å². The number of hydrogen-bond donors (Lipinski definition) is 3. The Labute approximate surface area is 325 Å². The highest BCUT2D eigenvalue weighted by Gasteiger charge is 2.67. The zero-order valence-electron chi connectivity index (χ0n) is 30.0. The second-order valence-electron chi connectivity index (χ2n) is 14.2. The molecule has 3 heterocycles. The van der Waals surface area contributed by atoms with Crippen molar-refractivity contribution in [3.63, 3.8) is 0 Å². The normalized spacial score (nSPS) is 18.4. The van der Waals surface area contributed by atoms with E-state index in [1.165, 1.54) is 36.0 Å². The third-order valence-electron chi connectivity index (χ3n) is 9.64.